The lowest BCUT2D eigenvalue weighted by Crippen LogP contribution is -2.19. The van der Waals surface area contributed by atoms with Crippen LogP contribution in [0.3, 0.4) is 0 Å². The fourth-order valence-corrected chi connectivity index (χ4v) is 2.28. The van der Waals surface area contributed by atoms with Gasteiger partial charge in [-0.3, -0.25) is 10.1 Å². The van der Waals surface area contributed by atoms with Gasteiger partial charge in [0.2, 0.25) is 0 Å². The Labute approximate surface area is 118 Å². The second-order valence-corrected chi connectivity index (χ2v) is 4.84. The number of hydrogen-bond acceptors (Lipinski definition) is 3. The highest BCUT2D eigenvalue weighted by molar-refractivity contribution is 5.39. The Morgan fingerprint density at radius 2 is 1.80 bits per heavy atom. The minimum atomic E-state index is -0.338. The first kappa shape index (κ1) is 14.2. The van der Waals surface area contributed by atoms with Crippen LogP contribution < -0.4 is 5.32 Å². The highest BCUT2D eigenvalue weighted by atomic mass is 16.6. The molecule has 1 N–H and O–H groups in total. The zero-order valence-corrected chi connectivity index (χ0v) is 11.7. The maximum atomic E-state index is 11.0. The second-order valence-electron chi connectivity index (χ2n) is 4.84. The first-order chi connectivity index (χ1) is 9.59. The zero-order valence-electron chi connectivity index (χ0n) is 11.7. The molecule has 2 aromatic rings. The summed E-state index contributed by atoms with van der Waals surface area (Å²) in [5, 5.41) is 14.3. The van der Waals surface area contributed by atoms with E-state index in [1.165, 1.54) is 17.2 Å². The minimum absolute atomic E-state index is 0.149. The molecular formula is C16H18N2O2. The van der Waals surface area contributed by atoms with Gasteiger partial charge < -0.3 is 5.32 Å². The Morgan fingerprint density at radius 1 is 1.15 bits per heavy atom. The van der Waals surface area contributed by atoms with Crippen LogP contribution in [0.25, 0.3) is 0 Å². The van der Waals surface area contributed by atoms with Crippen molar-refractivity contribution in [2.24, 2.45) is 0 Å². The Kier molecular flexibility index (Phi) is 4.48. The smallest absolute Gasteiger partial charge is 0.273 e. The molecule has 4 heteroatoms. The number of aryl methyl sites for hydroxylation is 1. The number of hydrogen-bond donors (Lipinski definition) is 1. The zero-order chi connectivity index (χ0) is 14.5. The van der Waals surface area contributed by atoms with Crippen molar-refractivity contribution >= 4 is 5.69 Å². The molecular weight excluding hydrogens is 252 g/mol. The lowest BCUT2D eigenvalue weighted by molar-refractivity contribution is -0.385. The van der Waals surface area contributed by atoms with Gasteiger partial charge in [0.05, 0.1) is 4.92 Å². The average molecular weight is 270 g/mol. The molecule has 0 fully saturated rings. The number of para-hydroxylation sites is 1. The minimum Gasteiger partial charge on any atom is -0.306 e. The normalized spacial score (nSPS) is 12.1. The maximum Gasteiger partial charge on any atom is 0.273 e. The molecule has 104 valence electrons. The molecule has 4 nitrogen and oxygen atoms in total. The van der Waals surface area contributed by atoms with Crippen LogP contribution >= 0.6 is 0 Å². The predicted molar refractivity (Wildman–Crippen MR) is 79.5 cm³/mol. The van der Waals surface area contributed by atoms with Gasteiger partial charge in [-0.25, -0.2) is 0 Å². The maximum absolute atomic E-state index is 11.0. The highest BCUT2D eigenvalue weighted by Gasteiger charge is 2.13. The summed E-state index contributed by atoms with van der Waals surface area (Å²) in [4.78, 5) is 10.6. The number of nitro benzene ring substituents is 1. The van der Waals surface area contributed by atoms with Crippen LogP contribution in [-0.2, 0) is 6.54 Å². The molecule has 20 heavy (non-hydrogen) atoms. The van der Waals surface area contributed by atoms with Crippen molar-refractivity contribution in [2.45, 2.75) is 26.4 Å². The summed E-state index contributed by atoms with van der Waals surface area (Å²) < 4.78 is 0. The van der Waals surface area contributed by atoms with Crippen molar-refractivity contribution in [3.05, 3.63) is 75.3 Å². The number of nitro groups is 1. The SMILES string of the molecule is Cc1ccccc1C(C)NCc1ccccc1[N+](=O)[O-]. The summed E-state index contributed by atoms with van der Waals surface area (Å²) in [5.74, 6) is 0. The Morgan fingerprint density at radius 3 is 2.50 bits per heavy atom. The van der Waals surface area contributed by atoms with Gasteiger partial charge in [-0.2, -0.15) is 0 Å². The molecule has 0 aliphatic rings. The first-order valence-electron chi connectivity index (χ1n) is 6.61. The quantitative estimate of drug-likeness (QED) is 0.665. The van der Waals surface area contributed by atoms with Gasteiger partial charge in [-0.15, -0.1) is 0 Å². The van der Waals surface area contributed by atoms with Crippen molar-refractivity contribution in [1.82, 2.24) is 5.32 Å². The van der Waals surface area contributed by atoms with Crippen molar-refractivity contribution in [3.63, 3.8) is 0 Å². The van der Waals surface area contributed by atoms with Crippen molar-refractivity contribution < 1.29 is 4.92 Å². The molecule has 1 atom stereocenters. The van der Waals surface area contributed by atoms with E-state index < -0.39 is 0 Å². The largest absolute Gasteiger partial charge is 0.306 e. The fraction of sp³-hybridized carbons (Fsp3) is 0.250. The third-order valence-corrected chi connectivity index (χ3v) is 3.44. The van der Waals surface area contributed by atoms with Gasteiger partial charge >= 0.3 is 0 Å². The van der Waals surface area contributed by atoms with E-state index in [4.69, 9.17) is 0 Å². The molecule has 2 rings (SSSR count). The van der Waals surface area contributed by atoms with Gasteiger partial charge in [0, 0.05) is 24.2 Å². The Hall–Kier alpha value is -2.20. The third kappa shape index (κ3) is 3.22. The van der Waals surface area contributed by atoms with E-state index >= 15 is 0 Å². The molecule has 0 aromatic heterocycles. The van der Waals surface area contributed by atoms with Gasteiger partial charge in [-0.1, -0.05) is 42.5 Å². The second kappa shape index (κ2) is 6.30. The van der Waals surface area contributed by atoms with Gasteiger partial charge in [0.15, 0.2) is 0 Å². The van der Waals surface area contributed by atoms with Crippen LogP contribution in [0, 0.1) is 17.0 Å². The monoisotopic (exact) mass is 270 g/mol. The van der Waals surface area contributed by atoms with Crippen LogP contribution in [0.4, 0.5) is 5.69 Å². The molecule has 0 aliphatic heterocycles. The molecule has 0 amide bonds. The van der Waals surface area contributed by atoms with Crippen LogP contribution in [-0.4, -0.2) is 4.92 Å². The molecule has 0 radical (unpaired) electrons. The first-order valence-corrected chi connectivity index (χ1v) is 6.61. The summed E-state index contributed by atoms with van der Waals surface area (Å²) in [7, 11) is 0. The lowest BCUT2D eigenvalue weighted by atomic mass is 10.0. The summed E-state index contributed by atoms with van der Waals surface area (Å²) in [6, 6.07) is 15.1. The molecule has 0 bridgehead atoms. The van der Waals surface area contributed by atoms with E-state index in [2.05, 4.69) is 31.3 Å². The number of rotatable bonds is 5. The topological polar surface area (TPSA) is 55.2 Å². The van der Waals surface area contributed by atoms with Crippen LogP contribution in [0.15, 0.2) is 48.5 Å². The number of nitrogens with one attached hydrogen (secondary N) is 1. The van der Waals surface area contributed by atoms with E-state index in [0.717, 1.165) is 0 Å². The summed E-state index contributed by atoms with van der Waals surface area (Å²) in [6.07, 6.45) is 0. The summed E-state index contributed by atoms with van der Waals surface area (Å²) >= 11 is 0. The van der Waals surface area contributed by atoms with Crippen LogP contribution in [0.1, 0.15) is 29.7 Å². The number of benzene rings is 2. The van der Waals surface area contributed by atoms with Gasteiger partial charge in [0.25, 0.3) is 5.69 Å². The summed E-state index contributed by atoms with van der Waals surface area (Å²) in [6.45, 7) is 4.61. The lowest BCUT2D eigenvalue weighted by Gasteiger charge is -2.16. The van der Waals surface area contributed by atoms with E-state index in [-0.39, 0.29) is 16.7 Å². The van der Waals surface area contributed by atoms with E-state index in [1.807, 2.05) is 18.2 Å². The number of nitrogens with zero attached hydrogens (tertiary/aromatic N) is 1. The van der Waals surface area contributed by atoms with E-state index in [0.29, 0.717) is 12.1 Å². The van der Waals surface area contributed by atoms with Crippen molar-refractivity contribution in [2.75, 3.05) is 0 Å². The Bertz CT molecular complexity index is 611. The third-order valence-electron chi connectivity index (χ3n) is 3.44. The molecule has 0 heterocycles. The summed E-state index contributed by atoms with van der Waals surface area (Å²) in [5.41, 5.74) is 3.30. The van der Waals surface area contributed by atoms with Crippen LogP contribution in [0.2, 0.25) is 0 Å². The predicted octanol–water partition coefficient (Wildman–Crippen LogP) is 3.75. The Balaban J connectivity index is 2.10. The molecule has 1 unspecified atom stereocenters. The van der Waals surface area contributed by atoms with E-state index in [9.17, 15) is 10.1 Å². The van der Waals surface area contributed by atoms with E-state index in [1.54, 1.807) is 12.1 Å². The molecule has 0 saturated carbocycles. The molecule has 0 saturated heterocycles. The van der Waals surface area contributed by atoms with Crippen LogP contribution in [0.5, 0.6) is 0 Å². The average Bonchev–Trinajstić information content (AvgIpc) is 2.45. The van der Waals surface area contributed by atoms with Gasteiger partial charge in [-0.05, 0) is 25.0 Å². The fourth-order valence-electron chi connectivity index (χ4n) is 2.28. The van der Waals surface area contributed by atoms with Gasteiger partial charge in [0.1, 0.15) is 0 Å². The molecule has 0 aliphatic carbocycles. The standard InChI is InChI=1S/C16H18N2O2/c1-12-7-3-5-9-15(12)13(2)17-11-14-8-4-6-10-16(14)18(19)20/h3-10,13,17H,11H2,1-2H3. The molecule has 0 spiro atoms. The van der Waals surface area contributed by atoms with Crippen molar-refractivity contribution in [1.29, 1.82) is 0 Å². The highest BCUT2D eigenvalue weighted by Crippen LogP contribution is 2.20. The molecule has 2 aromatic carbocycles. The van der Waals surface area contributed by atoms with Crippen molar-refractivity contribution in [3.8, 4) is 0 Å².